The van der Waals surface area contributed by atoms with Crippen LogP contribution in [0.2, 0.25) is 0 Å². The number of carboxylic acids is 1. The molecule has 2 aromatic heterocycles. The van der Waals surface area contributed by atoms with Gasteiger partial charge < -0.3 is 25.1 Å². The van der Waals surface area contributed by atoms with Crippen LogP contribution in [-0.2, 0) is 0 Å². The number of nitrogens with one attached hydrogen (secondary N) is 1. The summed E-state index contributed by atoms with van der Waals surface area (Å²) in [4.78, 5) is 18.0. The Kier molecular flexibility index (Phi) is 2.89. The number of pyridine rings is 1. The highest BCUT2D eigenvalue weighted by Crippen LogP contribution is 2.29. The molecule has 3 aromatic rings. The summed E-state index contributed by atoms with van der Waals surface area (Å²) < 4.78 is 0. The van der Waals surface area contributed by atoms with E-state index in [-0.39, 0.29) is 11.4 Å². The molecule has 0 spiro atoms. The number of carbonyl (C=O) groups excluding carboxylic acids is 1. The minimum absolute atomic E-state index is 0.0976. The maximum Gasteiger partial charge on any atom is 0.121 e. The van der Waals surface area contributed by atoms with Crippen LogP contribution in [0.15, 0.2) is 30.3 Å². The number of nitrogens with zero attached hydrogens (tertiary/aromatic N) is 1. The highest BCUT2D eigenvalue weighted by molar-refractivity contribution is 6.09. The quantitative estimate of drug-likeness (QED) is 0.626. The Morgan fingerprint density at radius 3 is 2.80 bits per heavy atom. The van der Waals surface area contributed by atoms with Crippen molar-refractivity contribution in [3.05, 3.63) is 41.7 Å². The number of para-hydroxylation sites is 1. The molecule has 0 radical (unpaired) electrons. The zero-order valence-corrected chi connectivity index (χ0v) is 10.3. The molecule has 0 fully saturated rings. The third kappa shape index (κ3) is 1.82. The van der Waals surface area contributed by atoms with Crippen molar-refractivity contribution >= 4 is 27.8 Å². The van der Waals surface area contributed by atoms with Crippen LogP contribution in [0, 0.1) is 0 Å². The van der Waals surface area contributed by atoms with Crippen molar-refractivity contribution in [2.24, 2.45) is 0 Å². The molecule has 0 saturated carbocycles. The molecule has 3 rings (SSSR count). The van der Waals surface area contributed by atoms with Crippen molar-refractivity contribution in [1.82, 2.24) is 9.97 Å². The number of aromatic nitrogens is 2. The third-order valence-electron chi connectivity index (χ3n) is 3.22. The molecular formula is C14H11N2O4-. The minimum atomic E-state index is -1.43. The maximum absolute atomic E-state index is 11.0. The second-order valence-electron chi connectivity index (χ2n) is 4.47. The van der Waals surface area contributed by atoms with Gasteiger partial charge in [-0.15, -0.1) is 0 Å². The molecule has 1 atom stereocenters. The molecule has 1 aromatic carbocycles. The number of hydrogen-bond acceptors (Lipinski definition) is 5. The van der Waals surface area contributed by atoms with Crippen molar-refractivity contribution in [2.75, 3.05) is 6.61 Å². The molecule has 0 aliphatic heterocycles. The van der Waals surface area contributed by atoms with Gasteiger partial charge in [-0.2, -0.15) is 0 Å². The number of aromatic amines is 1. The molecule has 20 heavy (non-hydrogen) atoms. The summed E-state index contributed by atoms with van der Waals surface area (Å²) in [7, 11) is 0. The fourth-order valence-electron chi connectivity index (χ4n) is 2.30. The summed E-state index contributed by atoms with van der Waals surface area (Å²) in [6.07, 6.45) is -1.26. The number of carbonyl (C=O) groups is 1. The lowest BCUT2D eigenvalue weighted by Crippen LogP contribution is -2.24. The molecule has 6 nitrogen and oxygen atoms in total. The molecule has 102 valence electrons. The van der Waals surface area contributed by atoms with E-state index in [1.54, 1.807) is 0 Å². The van der Waals surface area contributed by atoms with Gasteiger partial charge in [-0.1, -0.05) is 18.2 Å². The van der Waals surface area contributed by atoms with Gasteiger partial charge in [0.15, 0.2) is 0 Å². The van der Waals surface area contributed by atoms with Crippen LogP contribution in [0.1, 0.15) is 22.3 Å². The first-order chi connectivity index (χ1) is 9.61. The Bertz CT molecular complexity index is 809. The zero-order chi connectivity index (χ0) is 14.3. The average Bonchev–Trinajstić information content (AvgIpc) is 2.84. The Morgan fingerprint density at radius 1 is 1.35 bits per heavy atom. The Hall–Kier alpha value is -2.44. The molecule has 2 heterocycles. The zero-order valence-electron chi connectivity index (χ0n) is 10.3. The lowest BCUT2D eigenvalue weighted by Gasteiger charge is -2.11. The van der Waals surface area contributed by atoms with Crippen LogP contribution in [0.5, 0.6) is 0 Å². The van der Waals surface area contributed by atoms with Gasteiger partial charge in [0.1, 0.15) is 6.10 Å². The van der Waals surface area contributed by atoms with E-state index in [0.717, 1.165) is 10.9 Å². The molecule has 0 aliphatic rings. The standard InChI is InChI=1S/C14H12N2O4/c17-6-11(18)13-12-8(5-10(16-13)14(19)20)7-3-1-2-4-9(7)15-12/h1-5,11,15,17-18H,6H2,(H,19,20)/p-1/t11-/m0/s1. The number of fused-ring (bicyclic) bond motifs is 3. The molecular weight excluding hydrogens is 260 g/mol. The largest absolute Gasteiger partial charge is 0.543 e. The molecule has 0 amide bonds. The summed E-state index contributed by atoms with van der Waals surface area (Å²) >= 11 is 0. The van der Waals surface area contributed by atoms with Gasteiger partial charge >= 0.3 is 0 Å². The van der Waals surface area contributed by atoms with Crippen LogP contribution in [0.3, 0.4) is 0 Å². The normalized spacial score (nSPS) is 12.9. The minimum Gasteiger partial charge on any atom is -0.543 e. The number of aliphatic hydroxyl groups excluding tert-OH is 2. The van der Waals surface area contributed by atoms with E-state index >= 15 is 0 Å². The molecule has 0 unspecified atom stereocenters. The van der Waals surface area contributed by atoms with Crippen molar-refractivity contribution in [2.45, 2.75) is 6.10 Å². The van der Waals surface area contributed by atoms with Crippen molar-refractivity contribution < 1.29 is 20.1 Å². The predicted octanol–water partition coefficient (Wildman–Crippen LogP) is 0.105. The first kappa shape index (κ1) is 12.6. The van der Waals surface area contributed by atoms with E-state index < -0.39 is 18.7 Å². The van der Waals surface area contributed by atoms with Crippen molar-refractivity contribution in [3.63, 3.8) is 0 Å². The number of rotatable bonds is 3. The summed E-state index contributed by atoms with van der Waals surface area (Å²) in [5.74, 6) is -1.43. The van der Waals surface area contributed by atoms with E-state index in [0.29, 0.717) is 10.9 Å². The van der Waals surface area contributed by atoms with Gasteiger partial charge in [0.25, 0.3) is 0 Å². The number of aliphatic hydroxyl groups is 2. The predicted molar refractivity (Wildman–Crippen MR) is 70.0 cm³/mol. The number of aromatic carboxylic acids is 1. The van der Waals surface area contributed by atoms with Crippen LogP contribution in [-0.4, -0.2) is 32.8 Å². The smallest absolute Gasteiger partial charge is 0.121 e. The summed E-state index contributed by atoms with van der Waals surface area (Å²) in [6.45, 7) is -0.548. The fraction of sp³-hybridized carbons (Fsp3) is 0.143. The highest BCUT2D eigenvalue weighted by Gasteiger charge is 2.17. The van der Waals surface area contributed by atoms with Crippen LogP contribution < -0.4 is 5.11 Å². The second kappa shape index (κ2) is 4.59. The number of benzene rings is 1. The number of hydrogen-bond donors (Lipinski definition) is 3. The van der Waals surface area contributed by atoms with Crippen LogP contribution >= 0.6 is 0 Å². The maximum atomic E-state index is 11.0. The molecule has 0 saturated heterocycles. The Labute approximate surface area is 113 Å². The molecule has 0 aliphatic carbocycles. The van der Waals surface area contributed by atoms with E-state index in [1.165, 1.54) is 6.07 Å². The summed E-state index contributed by atoms with van der Waals surface area (Å²) in [5, 5.41) is 31.4. The van der Waals surface area contributed by atoms with E-state index in [1.807, 2.05) is 24.3 Å². The fourth-order valence-corrected chi connectivity index (χ4v) is 2.30. The Morgan fingerprint density at radius 2 is 2.10 bits per heavy atom. The molecule has 6 heteroatoms. The SMILES string of the molecule is O=C([O-])c1cc2c([nH]c3ccccc32)c([C@@H](O)CO)n1. The van der Waals surface area contributed by atoms with Crippen molar-refractivity contribution in [3.8, 4) is 0 Å². The highest BCUT2D eigenvalue weighted by atomic mass is 16.4. The Balaban J connectivity index is 2.43. The van der Waals surface area contributed by atoms with E-state index in [2.05, 4.69) is 9.97 Å². The van der Waals surface area contributed by atoms with Gasteiger partial charge in [-0.3, -0.25) is 0 Å². The number of H-pyrrole nitrogens is 1. The molecule has 3 N–H and O–H groups in total. The van der Waals surface area contributed by atoms with Crippen molar-refractivity contribution in [1.29, 1.82) is 0 Å². The van der Waals surface area contributed by atoms with Gasteiger partial charge in [0.2, 0.25) is 0 Å². The van der Waals surface area contributed by atoms with E-state index in [4.69, 9.17) is 5.11 Å². The van der Waals surface area contributed by atoms with Gasteiger partial charge in [-0.05, 0) is 12.1 Å². The first-order valence-electron chi connectivity index (χ1n) is 6.03. The lowest BCUT2D eigenvalue weighted by atomic mass is 10.1. The van der Waals surface area contributed by atoms with E-state index in [9.17, 15) is 15.0 Å². The van der Waals surface area contributed by atoms with Gasteiger partial charge in [0, 0.05) is 16.3 Å². The molecule has 0 bridgehead atoms. The second-order valence-corrected chi connectivity index (χ2v) is 4.47. The summed E-state index contributed by atoms with van der Waals surface area (Å²) in [6, 6.07) is 8.74. The van der Waals surface area contributed by atoms with Gasteiger partial charge in [-0.25, -0.2) is 4.98 Å². The van der Waals surface area contributed by atoms with Crippen LogP contribution in [0.4, 0.5) is 0 Å². The summed E-state index contributed by atoms with van der Waals surface area (Å²) in [5.41, 5.74) is 1.13. The first-order valence-corrected chi connectivity index (χ1v) is 6.03. The monoisotopic (exact) mass is 271 g/mol. The lowest BCUT2D eigenvalue weighted by molar-refractivity contribution is -0.255. The topological polar surface area (TPSA) is 109 Å². The third-order valence-corrected chi connectivity index (χ3v) is 3.22. The average molecular weight is 271 g/mol. The van der Waals surface area contributed by atoms with Gasteiger partial charge in [0.05, 0.1) is 29.5 Å². The van der Waals surface area contributed by atoms with Crippen LogP contribution in [0.25, 0.3) is 21.8 Å². The number of carboxylic acid groups (broad SMARTS) is 1.